The number of aromatic nitrogens is 1. The molecular formula is C14H13N3S. The molecule has 0 fully saturated rings. The van der Waals surface area contributed by atoms with Crippen LogP contribution in [0.15, 0.2) is 41.9 Å². The number of nitrogens with two attached hydrogens (primary N) is 1. The molecule has 0 saturated carbocycles. The minimum absolute atomic E-state index is 0.717. The van der Waals surface area contributed by atoms with Crippen molar-refractivity contribution in [2.75, 3.05) is 11.1 Å². The van der Waals surface area contributed by atoms with Crippen molar-refractivity contribution in [3.8, 4) is 0 Å². The lowest BCUT2D eigenvalue weighted by atomic mass is 10.2. The molecular weight excluding hydrogens is 242 g/mol. The molecule has 3 nitrogen and oxygen atoms in total. The van der Waals surface area contributed by atoms with Crippen LogP contribution in [0.25, 0.3) is 10.1 Å². The standard InChI is InChI=1S/C14H13N3S/c1-9-6-14(16-8-12(9)15)17-11-2-3-13-10(7-11)4-5-18-13/h2-8H,15H2,1H3,(H,16,17). The highest BCUT2D eigenvalue weighted by Gasteiger charge is 2.01. The molecule has 0 amide bonds. The van der Waals surface area contributed by atoms with Gasteiger partial charge in [0.25, 0.3) is 0 Å². The highest BCUT2D eigenvalue weighted by atomic mass is 32.1. The molecule has 1 aromatic carbocycles. The molecule has 2 heterocycles. The third-order valence-electron chi connectivity index (χ3n) is 2.88. The van der Waals surface area contributed by atoms with Crippen LogP contribution in [0.5, 0.6) is 0 Å². The maximum absolute atomic E-state index is 5.75. The Morgan fingerprint density at radius 1 is 1.22 bits per heavy atom. The summed E-state index contributed by atoms with van der Waals surface area (Å²) in [6, 6.07) is 10.4. The first-order valence-corrected chi connectivity index (χ1v) is 6.57. The van der Waals surface area contributed by atoms with E-state index in [1.807, 2.05) is 13.0 Å². The van der Waals surface area contributed by atoms with Gasteiger partial charge in [-0.3, -0.25) is 0 Å². The number of nitrogens with one attached hydrogen (secondary N) is 1. The van der Waals surface area contributed by atoms with Gasteiger partial charge in [0.2, 0.25) is 0 Å². The third-order valence-corrected chi connectivity index (χ3v) is 3.77. The largest absolute Gasteiger partial charge is 0.397 e. The monoisotopic (exact) mass is 255 g/mol. The van der Waals surface area contributed by atoms with Gasteiger partial charge in [-0.15, -0.1) is 11.3 Å². The Balaban J connectivity index is 1.92. The molecule has 18 heavy (non-hydrogen) atoms. The second-order valence-electron chi connectivity index (χ2n) is 4.22. The summed E-state index contributed by atoms with van der Waals surface area (Å²) in [5, 5.41) is 6.64. The summed E-state index contributed by atoms with van der Waals surface area (Å²) in [4.78, 5) is 4.27. The number of hydrogen-bond acceptors (Lipinski definition) is 4. The first-order valence-electron chi connectivity index (χ1n) is 5.69. The number of nitrogen functional groups attached to an aromatic ring is 1. The second-order valence-corrected chi connectivity index (χ2v) is 5.17. The topological polar surface area (TPSA) is 50.9 Å². The minimum atomic E-state index is 0.717. The molecule has 3 aromatic rings. The highest BCUT2D eigenvalue weighted by Crippen LogP contribution is 2.26. The normalized spacial score (nSPS) is 10.7. The molecule has 2 aromatic heterocycles. The number of benzene rings is 1. The number of hydrogen-bond donors (Lipinski definition) is 2. The lowest BCUT2D eigenvalue weighted by Gasteiger charge is -2.07. The van der Waals surface area contributed by atoms with Gasteiger partial charge in [-0.25, -0.2) is 4.98 Å². The summed E-state index contributed by atoms with van der Waals surface area (Å²) in [6.07, 6.45) is 1.68. The maximum Gasteiger partial charge on any atom is 0.130 e. The van der Waals surface area contributed by atoms with Crippen molar-refractivity contribution in [1.29, 1.82) is 0 Å². The zero-order chi connectivity index (χ0) is 12.5. The molecule has 0 atom stereocenters. The Hall–Kier alpha value is -2.07. The summed E-state index contributed by atoms with van der Waals surface area (Å²) in [7, 11) is 0. The number of nitrogens with zero attached hydrogens (tertiary/aromatic N) is 1. The zero-order valence-electron chi connectivity index (χ0n) is 9.97. The van der Waals surface area contributed by atoms with Gasteiger partial charge in [-0.1, -0.05) is 0 Å². The molecule has 0 saturated heterocycles. The fourth-order valence-electron chi connectivity index (χ4n) is 1.83. The van der Waals surface area contributed by atoms with E-state index in [4.69, 9.17) is 5.73 Å². The van der Waals surface area contributed by atoms with Crippen molar-refractivity contribution in [2.45, 2.75) is 6.92 Å². The van der Waals surface area contributed by atoms with Gasteiger partial charge in [-0.2, -0.15) is 0 Å². The van der Waals surface area contributed by atoms with Crippen molar-refractivity contribution < 1.29 is 0 Å². The number of pyridine rings is 1. The van der Waals surface area contributed by atoms with Gasteiger partial charge < -0.3 is 11.1 Å². The molecule has 0 spiro atoms. The smallest absolute Gasteiger partial charge is 0.130 e. The van der Waals surface area contributed by atoms with Crippen molar-refractivity contribution in [2.24, 2.45) is 0 Å². The van der Waals surface area contributed by atoms with E-state index in [0.29, 0.717) is 5.69 Å². The number of aryl methyl sites for hydroxylation is 1. The molecule has 4 heteroatoms. The van der Waals surface area contributed by atoms with Crippen molar-refractivity contribution in [1.82, 2.24) is 4.98 Å². The van der Waals surface area contributed by atoms with Crippen molar-refractivity contribution >= 4 is 38.6 Å². The number of anilines is 3. The molecule has 0 aliphatic heterocycles. The molecule has 0 aliphatic rings. The molecule has 0 aliphatic carbocycles. The summed E-state index contributed by atoms with van der Waals surface area (Å²) in [6.45, 7) is 1.98. The summed E-state index contributed by atoms with van der Waals surface area (Å²) in [5.74, 6) is 0.816. The predicted molar refractivity (Wildman–Crippen MR) is 78.5 cm³/mol. The molecule has 0 radical (unpaired) electrons. The Kier molecular flexibility index (Phi) is 2.64. The minimum Gasteiger partial charge on any atom is -0.397 e. The predicted octanol–water partition coefficient (Wildman–Crippen LogP) is 3.93. The van der Waals surface area contributed by atoms with E-state index in [1.54, 1.807) is 17.5 Å². The van der Waals surface area contributed by atoms with Gasteiger partial charge in [0, 0.05) is 10.4 Å². The molecule has 0 unspecified atom stereocenters. The lowest BCUT2D eigenvalue weighted by molar-refractivity contribution is 1.28. The van der Waals surface area contributed by atoms with Crippen LogP contribution in [0.2, 0.25) is 0 Å². The number of thiophene rings is 1. The van der Waals surface area contributed by atoms with Gasteiger partial charge in [0.1, 0.15) is 5.82 Å². The van der Waals surface area contributed by atoms with E-state index in [9.17, 15) is 0 Å². The van der Waals surface area contributed by atoms with Crippen LogP contribution in [0.3, 0.4) is 0 Å². The quantitative estimate of drug-likeness (QED) is 0.729. The Labute approximate surface area is 109 Å². The second kappa shape index (κ2) is 4.31. The van der Waals surface area contributed by atoms with Crippen molar-refractivity contribution in [3.63, 3.8) is 0 Å². The van der Waals surface area contributed by atoms with Crippen LogP contribution in [-0.4, -0.2) is 4.98 Å². The summed E-state index contributed by atoms with van der Waals surface area (Å²) < 4.78 is 1.29. The fourth-order valence-corrected chi connectivity index (χ4v) is 2.60. The van der Waals surface area contributed by atoms with Crippen LogP contribution in [-0.2, 0) is 0 Å². The average Bonchev–Trinajstić information content (AvgIpc) is 2.81. The van der Waals surface area contributed by atoms with E-state index < -0.39 is 0 Å². The van der Waals surface area contributed by atoms with E-state index in [1.165, 1.54) is 10.1 Å². The third kappa shape index (κ3) is 2.02. The summed E-state index contributed by atoms with van der Waals surface area (Å²) in [5.41, 5.74) is 8.54. The maximum atomic E-state index is 5.75. The highest BCUT2D eigenvalue weighted by molar-refractivity contribution is 7.17. The van der Waals surface area contributed by atoms with E-state index in [0.717, 1.165) is 17.1 Å². The molecule has 0 bridgehead atoms. The lowest BCUT2D eigenvalue weighted by Crippen LogP contribution is -1.97. The van der Waals surface area contributed by atoms with Gasteiger partial charge in [0.15, 0.2) is 0 Å². The molecule has 3 rings (SSSR count). The number of fused-ring (bicyclic) bond motifs is 1. The molecule has 3 N–H and O–H groups in total. The molecule has 90 valence electrons. The van der Waals surface area contributed by atoms with E-state index in [-0.39, 0.29) is 0 Å². The SMILES string of the molecule is Cc1cc(Nc2ccc3sccc3c2)ncc1N. The van der Waals surface area contributed by atoms with Gasteiger partial charge >= 0.3 is 0 Å². The van der Waals surface area contributed by atoms with Gasteiger partial charge in [0.05, 0.1) is 11.9 Å². The Morgan fingerprint density at radius 3 is 2.94 bits per heavy atom. The first-order chi connectivity index (χ1) is 8.72. The average molecular weight is 255 g/mol. The van der Waals surface area contributed by atoms with Crippen LogP contribution in [0.1, 0.15) is 5.56 Å². The van der Waals surface area contributed by atoms with Crippen LogP contribution in [0, 0.1) is 6.92 Å². The zero-order valence-corrected chi connectivity index (χ0v) is 10.8. The van der Waals surface area contributed by atoms with Gasteiger partial charge in [-0.05, 0) is 53.6 Å². The van der Waals surface area contributed by atoms with E-state index in [2.05, 4.69) is 39.9 Å². The van der Waals surface area contributed by atoms with Crippen molar-refractivity contribution in [3.05, 3.63) is 47.5 Å². The van der Waals surface area contributed by atoms with Crippen LogP contribution < -0.4 is 11.1 Å². The van der Waals surface area contributed by atoms with Crippen LogP contribution in [0.4, 0.5) is 17.2 Å². The Bertz CT molecular complexity index is 703. The van der Waals surface area contributed by atoms with Crippen LogP contribution >= 0.6 is 11.3 Å². The fraction of sp³-hybridized carbons (Fsp3) is 0.0714. The summed E-state index contributed by atoms with van der Waals surface area (Å²) >= 11 is 1.75. The van der Waals surface area contributed by atoms with E-state index >= 15 is 0 Å². The Morgan fingerprint density at radius 2 is 2.11 bits per heavy atom. The number of rotatable bonds is 2. The first kappa shape index (κ1) is 11.0.